The van der Waals surface area contributed by atoms with Gasteiger partial charge in [-0.2, -0.15) is 13.9 Å². The number of benzene rings is 1. The number of nitrogens with zero attached hydrogens (tertiary/aromatic N) is 3. The van der Waals surface area contributed by atoms with Gasteiger partial charge in [0.05, 0.1) is 6.20 Å². The Morgan fingerprint density at radius 3 is 2.57 bits per heavy atom. The van der Waals surface area contributed by atoms with Gasteiger partial charge in [0.25, 0.3) is 5.56 Å². The van der Waals surface area contributed by atoms with Crippen LogP contribution in [-0.4, -0.2) is 19.7 Å². The van der Waals surface area contributed by atoms with Crippen LogP contribution in [0.25, 0.3) is 11.0 Å². The van der Waals surface area contributed by atoms with E-state index in [1.54, 1.807) is 0 Å². The van der Waals surface area contributed by atoms with Gasteiger partial charge in [-0.05, 0) is 24.3 Å². The molecule has 0 aliphatic carbocycles. The summed E-state index contributed by atoms with van der Waals surface area (Å²) in [6, 6.07) is 3.74. The van der Waals surface area contributed by atoms with Gasteiger partial charge < -0.3 is 4.98 Å². The van der Waals surface area contributed by atoms with Crippen LogP contribution in [0.3, 0.4) is 0 Å². The van der Waals surface area contributed by atoms with Crippen LogP contribution in [0.4, 0.5) is 13.2 Å². The quantitative estimate of drug-likeness (QED) is 0.785. The van der Waals surface area contributed by atoms with Crippen molar-refractivity contribution < 1.29 is 13.2 Å². The second kappa shape index (κ2) is 4.44. The molecule has 3 aromatic rings. The molecule has 8 heteroatoms. The molecular weight excluding hydrogens is 285 g/mol. The van der Waals surface area contributed by atoms with E-state index < -0.39 is 28.7 Å². The van der Waals surface area contributed by atoms with Gasteiger partial charge in [-0.15, -0.1) is 0 Å². The van der Waals surface area contributed by atoms with Gasteiger partial charge in [0.2, 0.25) is 0 Å². The lowest BCUT2D eigenvalue weighted by molar-refractivity contribution is 0.0328. The molecule has 3 rings (SSSR count). The molecule has 1 N–H and O–H groups in total. The molecule has 2 heterocycles. The average molecular weight is 294 g/mol. The molecule has 0 saturated heterocycles. The van der Waals surface area contributed by atoms with Crippen LogP contribution in [0, 0.1) is 5.82 Å². The zero-order valence-corrected chi connectivity index (χ0v) is 10.8. The fourth-order valence-electron chi connectivity index (χ4n) is 1.98. The van der Waals surface area contributed by atoms with E-state index >= 15 is 0 Å². The predicted octanol–water partition coefficient (Wildman–Crippen LogP) is 1.94. The number of nitrogens with one attached hydrogen (secondary N) is 1. The Morgan fingerprint density at radius 2 is 1.90 bits per heavy atom. The number of alkyl halides is 2. The summed E-state index contributed by atoms with van der Waals surface area (Å²) in [5.41, 5.74) is -1.12. The zero-order chi connectivity index (χ0) is 15.2. The Balaban J connectivity index is 2.20. The van der Waals surface area contributed by atoms with Gasteiger partial charge in [-0.25, -0.2) is 9.37 Å². The number of hydrogen-bond donors (Lipinski definition) is 1. The smallest absolute Gasteiger partial charge is 0.304 e. The van der Waals surface area contributed by atoms with E-state index in [9.17, 15) is 18.0 Å². The first-order valence-electron chi connectivity index (χ1n) is 5.96. The summed E-state index contributed by atoms with van der Waals surface area (Å²) in [4.78, 5) is 17.6. The van der Waals surface area contributed by atoms with Crippen LogP contribution in [-0.2, 0) is 13.0 Å². The standard InChI is InChI=1S/C13H9F3N4O/c1-20-10-9(6-17-20)11(21)19-12(18-10)13(15,16)7-2-4-8(14)5-3-7/h2-6H,1H3,(H,18,19,21). The van der Waals surface area contributed by atoms with Crippen molar-refractivity contribution in [3.63, 3.8) is 0 Å². The van der Waals surface area contributed by atoms with Crippen LogP contribution in [0.15, 0.2) is 35.3 Å². The minimum absolute atomic E-state index is 0.0514. The van der Waals surface area contributed by atoms with E-state index in [-0.39, 0.29) is 11.0 Å². The van der Waals surface area contributed by atoms with Crippen LogP contribution in [0.5, 0.6) is 0 Å². The van der Waals surface area contributed by atoms with E-state index in [0.29, 0.717) is 0 Å². The van der Waals surface area contributed by atoms with Gasteiger partial charge in [-0.1, -0.05) is 0 Å². The van der Waals surface area contributed by atoms with E-state index in [1.165, 1.54) is 17.9 Å². The molecule has 21 heavy (non-hydrogen) atoms. The second-order valence-corrected chi connectivity index (χ2v) is 4.50. The molecule has 108 valence electrons. The van der Waals surface area contributed by atoms with Crippen LogP contribution < -0.4 is 5.56 Å². The zero-order valence-electron chi connectivity index (χ0n) is 10.8. The van der Waals surface area contributed by atoms with Crippen molar-refractivity contribution in [1.82, 2.24) is 19.7 Å². The molecule has 0 aliphatic rings. The molecule has 0 atom stereocenters. The monoisotopic (exact) mass is 294 g/mol. The molecule has 0 fully saturated rings. The normalized spacial score (nSPS) is 12.0. The number of aromatic nitrogens is 4. The molecular formula is C13H9F3N4O. The van der Waals surface area contributed by atoms with Gasteiger partial charge in [-0.3, -0.25) is 9.48 Å². The first kappa shape index (κ1) is 13.3. The Labute approximate surface area is 116 Å². The van der Waals surface area contributed by atoms with E-state index in [1.807, 2.05) is 0 Å². The van der Waals surface area contributed by atoms with Gasteiger partial charge in [0.1, 0.15) is 11.2 Å². The summed E-state index contributed by atoms with van der Waals surface area (Å²) in [5, 5.41) is 3.93. The summed E-state index contributed by atoms with van der Waals surface area (Å²) in [7, 11) is 1.49. The van der Waals surface area contributed by atoms with Crippen LogP contribution >= 0.6 is 0 Å². The summed E-state index contributed by atoms with van der Waals surface area (Å²) in [6.45, 7) is 0. The molecule has 0 spiro atoms. The first-order chi connectivity index (χ1) is 9.89. The fourth-order valence-corrected chi connectivity index (χ4v) is 1.98. The topological polar surface area (TPSA) is 63.6 Å². The number of aromatic amines is 1. The van der Waals surface area contributed by atoms with Crippen molar-refractivity contribution in [1.29, 1.82) is 0 Å². The number of hydrogen-bond acceptors (Lipinski definition) is 3. The number of aryl methyl sites for hydroxylation is 1. The minimum atomic E-state index is -3.55. The van der Waals surface area contributed by atoms with E-state index in [4.69, 9.17) is 0 Å². The van der Waals surface area contributed by atoms with Crippen molar-refractivity contribution in [2.24, 2.45) is 7.05 Å². The predicted molar refractivity (Wildman–Crippen MR) is 68.5 cm³/mol. The highest BCUT2D eigenvalue weighted by atomic mass is 19.3. The Kier molecular flexibility index (Phi) is 2.82. The number of H-pyrrole nitrogens is 1. The lowest BCUT2D eigenvalue weighted by Crippen LogP contribution is -2.24. The molecule has 0 bridgehead atoms. The Hall–Kier alpha value is -2.64. The fraction of sp³-hybridized carbons (Fsp3) is 0.154. The third-order valence-electron chi connectivity index (χ3n) is 3.11. The van der Waals surface area contributed by atoms with Crippen LogP contribution in [0.1, 0.15) is 11.4 Å². The van der Waals surface area contributed by atoms with Gasteiger partial charge in [0.15, 0.2) is 11.5 Å². The van der Waals surface area contributed by atoms with E-state index in [0.717, 1.165) is 24.3 Å². The first-order valence-corrected chi connectivity index (χ1v) is 5.96. The maximum Gasteiger partial charge on any atom is 0.330 e. The number of halogens is 3. The molecule has 0 radical (unpaired) electrons. The molecule has 0 aliphatic heterocycles. The van der Waals surface area contributed by atoms with Crippen molar-refractivity contribution in [2.45, 2.75) is 5.92 Å². The highest BCUT2D eigenvalue weighted by molar-refractivity contribution is 5.73. The Bertz CT molecular complexity index is 867. The SMILES string of the molecule is Cn1ncc2c(=O)[nH]c(C(F)(F)c3ccc(F)cc3)nc21. The van der Waals surface area contributed by atoms with Crippen molar-refractivity contribution in [3.05, 3.63) is 58.0 Å². The van der Waals surface area contributed by atoms with E-state index in [2.05, 4.69) is 15.1 Å². The van der Waals surface area contributed by atoms with Crippen molar-refractivity contribution >= 4 is 11.0 Å². The van der Waals surface area contributed by atoms with Crippen molar-refractivity contribution in [2.75, 3.05) is 0 Å². The lowest BCUT2D eigenvalue weighted by Gasteiger charge is -2.15. The Morgan fingerprint density at radius 1 is 1.24 bits per heavy atom. The lowest BCUT2D eigenvalue weighted by atomic mass is 10.1. The maximum absolute atomic E-state index is 14.4. The average Bonchev–Trinajstić information content (AvgIpc) is 2.82. The molecule has 1 aromatic carbocycles. The highest BCUT2D eigenvalue weighted by Gasteiger charge is 2.37. The van der Waals surface area contributed by atoms with Gasteiger partial charge >= 0.3 is 5.92 Å². The second-order valence-electron chi connectivity index (χ2n) is 4.50. The van der Waals surface area contributed by atoms with Crippen molar-refractivity contribution in [3.8, 4) is 0 Å². The van der Waals surface area contributed by atoms with Gasteiger partial charge in [0, 0.05) is 12.6 Å². The molecule has 0 unspecified atom stereocenters. The number of rotatable bonds is 2. The maximum atomic E-state index is 14.4. The summed E-state index contributed by atoms with van der Waals surface area (Å²) >= 11 is 0. The third-order valence-corrected chi connectivity index (χ3v) is 3.11. The summed E-state index contributed by atoms with van der Waals surface area (Å²) in [5.74, 6) is -4.99. The molecule has 0 saturated carbocycles. The highest BCUT2D eigenvalue weighted by Crippen LogP contribution is 2.33. The third kappa shape index (κ3) is 2.08. The van der Waals surface area contributed by atoms with Crippen LogP contribution in [0.2, 0.25) is 0 Å². The minimum Gasteiger partial charge on any atom is -0.304 e. The summed E-state index contributed by atoms with van der Waals surface area (Å²) in [6.07, 6.45) is 1.25. The largest absolute Gasteiger partial charge is 0.330 e. The number of fused-ring (bicyclic) bond motifs is 1. The summed E-state index contributed by atoms with van der Waals surface area (Å²) < 4.78 is 42.8. The molecule has 0 amide bonds. The molecule has 5 nitrogen and oxygen atoms in total. The molecule has 2 aromatic heterocycles.